The Labute approximate surface area is 181 Å². The predicted octanol–water partition coefficient (Wildman–Crippen LogP) is 5.43. The van der Waals surface area contributed by atoms with Gasteiger partial charge in [0.2, 0.25) is 10.0 Å². The van der Waals surface area contributed by atoms with Crippen molar-refractivity contribution in [1.82, 2.24) is 4.31 Å². The van der Waals surface area contributed by atoms with Gasteiger partial charge in [0, 0.05) is 31.9 Å². The van der Waals surface area contributed by atoms with Gasteiger partial charge >= 0.3 is 0 Å². The van der Waals surface area contributed by atoms with E-state index >= 15 is 0 Å². The summed E-state index contributed by atoms with van der Waals surface area (Å²) in [7, 11) is -3.59. The van der Waals surface area contributed by atoms with Crippen LogP contribution < -0.4 is 4.90 Å². The maximum atomic E-state index is 13.3. The van der Waals surface area contributed by atoms with E-state index in [1.807, 2.05) is 6.92 Å². The number of allylic oxidation sites excluding steroid dienone is 1. The highest BCUT2D eigenvalue weighted by Gasteiger charge is 2.30. The van der Waals surface area contributed by atoms with E-state index in [1.165, 1.54) is 16.4 Å². The van der Waals surface area contributed by atoms with Crippen molar-refractivity contribution in [3.05, 3.63) is 68.8 Å². The molecular formula is C21H23Cl2FN2O2S. The lowest BCUT2D eigenvalue weighted by atomic mass is 10.2. The topological polar surface area (TPSA) is 40.6 Å². The van der Waals surface area contributed by atoms with Crippen molar-refractivity contribution in [3.8, 4) is 0 Å². The summed E-state index contributed by atoms with van der Waals surface area (Å²) in [5.74, 6) is -0.286. The number of piperazine rings is 1. The van der Waals surface area contributed by atoms with Crippen LogP contribution in [-0.2, 0) is 10.0 Å². The van der Waals surface area contributed by atoms with Gasteiger partial charge in [0.05, 0.1) is 15.0 Å². The summed E-state index contributed by atoms with van der Waals surface area (Å²) < 4.78 is 41.2. The molecule has 1 heterocycles. The van der Waals surface area contributed by atoms with Gasteiger partial charge < -0.3 is 4.90 Å². The number of benzene rings is 2. The Morgan fingerprint density at radius 3 is 2.28 bits per heavy atom. The molecule has 1 fully saturated rings. The van der Waals surface area contributed by atoms with Crippen LogP contribution in [0, 0.1) is 5.82 Å². The number of rotatable bonds is 6. The minimum Gasteiger partial charge on any atom is -0.369 e. The number of hydrogen-bond donors (Lipinski definition) is 0. The minimum atomic E-state index is -3.59. The van der Waals surface area contributed by atoms with Crippen LogP contribution in [0.15, 0.2) is 47.4 Å². The zero-order valence-electron chi connectivity index (χ0n) is 16.1. The van der Waals surface area contributed by atoms with E-state index in [0.29, 0.717) is 59.5 Å². The zero-order valence-corrected chi connectivity index (χ0v) is 18.4. The Bertz CT molecular complexity index is 986. The first kappa shape index (κ1) is 22.1. The van der Waals surface area contributed by atoms with Gasteiger partial charge in [-0.1, -0.05) is 42.6 Å². The van der Waals surface area contributed by atoms with Crippen molar-refractivity contribution < 1.29 is 12.8 Å². The lowest BCUT2D eigenvalue weighted by Crippen LogP contribution is -2.49. The number of sulfonamides is 1. The lowest BCUT2D eigenvalue weighted by Gasteiger charge is -2.35. The molecule has 1 aliphatic rings. The highest BCUT2D eigenvalue weighted by molar-refractivity contribution is 7.93. The third kappa shape index (κ3) is 5.31. The van der Waals surface area contributed by atoms with Gasteiger partial charge in [-0.05, 0) is 54.5 Å². The first-order valence-corrected chi connectivity index (χ1v) is 11.7. The molecule has 1 aliphatic heterocycles. The molecule has 0 spiro atoms. The molecule has 0 aromatic heterocycles. The standard InChI is InChI=1S/C21H23Cl2FN2O2S/c1-2-3-19(14-16-4-9-20(22)21(23)15-16)29(27,28)26-12-10-25(11-13-26)18-7-5-17(24)6-8-18/h4-9,14-15H,2-3,10-13H2,1H3. The van der Waals surface area contributed by atoms with Gasteiger partial charge in [0.1, 0.15) is 5.82 Å². The van der Waals surface area contributed by atoms with Crippen molar-refractivity contribution in [1.29, 1.82) is 0 Å². The highest BCUT2D eigenvalue weighted by atomic mass is 35.5. The number of anilines is 1. The molecule has 0 bridgehead atoms. The summed E-state index contributed by atoms with van der Waals surface area (Å²) in [6.45, 7) is 3.81. The number of hydrogen-bond acceptors (Lipinski definition) is 3. The Hall–Kier alpha value is -1.60. The van der Waals surface area contributed by atoms with Gasteiger partial charge in [-0.3, -0.25) is 0 Å². The first-order chi connectivity index (χ1) is 13.8. The minimum absolute atomic E-state index is 0.286. The maximum Gasteiger partial charge on any atom is 0.239 e. The summed E-state index contributed by atoms with van der Waals surface area (Å²) in [6, 6.07) is 11.3. The summed E-state index contributed by atoms with van der Waals surface area (Å²) >= 11 is 12.0. The van der Waals surface area contributed by atoms with E-state index in [-0.39, 0.29) is 5.82 Å². The van der Waals surface area contributed by atoms with Crippen LogP contribution in [0.25, 0.3) is 6.08 Å². The van der Waals surface area contributed by atoms with E-state index in [9.17, 15) is 12.8 Å². The van der Waals surface area contributed by atoms with Crippen LogP contribution in [0.3, 0.4) is 0 Å². The number of nitrogens with zero attached hydrogens (tertiary/aromatic N) is 2. The normalized spacial score (nSPS) is 16.3. The second-order valence-electron chi connectivity index (χ2n) is 6.90. The maximum absolute atomic E-state index is 13.3. The summed E-state index contributed by atoms with van der Waals surface area (Å²) in [5, 5.41) is 0.821. The highest BCUT2D eigenvalue weighted by Crippen LogP contribution is 2.27. The van der Waals surface area contributed by atoms with Gasteiger partial charge in [0.25, 0.3) is 0 Å². The number of halogens is 3. The van der Waals surface area contributed by atoms with E-state index in [4.69, 9.17) is 23.2 Å². The quantitative estimate of drug-likeness (QED) is 0.581. The second kappa shape index (κ2) is 9.47. The van der Waals surface area contributed by atoms with Crippen LogP contribution in [0.5, 0.6) is 0 Å². The lowest BCUT2D eigenvalue weighted by molar-refractivity contribution is 0.388. The molecule has 0 N–H and O–H groups in total. The average Bonchev–Trinajstić information content (AvgIpc) is 2.71. The van der Waals surface area contributed by atoms with Gasteiger partial charge in [-0.15, -0.1) is 0 Å². The zero-order chi connectivity index (χ0) is 21.0. The molecule has 3 rings (SSSR count). The summed E-state index contributed by atoms with van der Waals surface area (Å²) in [4.78, 5) is 2.43. The van der Waals surface area contributed by atoms with Crippen molar-refractivity contribution >= 4 is 45.0 Å². The molecular weight excluding hydrogens is 434 g/mol. The van der Waals surface area contributed by atoms with Crippen molar-refractivity contribution in [2.75, 3.05) is 31.1 Å². The Balaban J connectivity index is 1.77. The summed E-state index contributed by atoms with van der Waals surface area (Å²) in [6.07, 6.45) is 2.83. The molecule has 0 aliphatic carbocycles. The fraction of sp³-hybridized carbons (Fsp3) is 0.333. The molecule has 0 amide bonds. The Morgan fingerprint density at radius 2 is 1.69 bits per heavy atom. The smallest absolute Gasteiger partial charge is 0.239 e. The van der Waals surface area contributed by atoms with Gasteiger partial charge in [-0.2, -0.15) is 4.31 Å². The molecule has 0 radical (unpaired) electrons. The average molecular weight is 457 g/mol. The first-order valence-electron chi connectivity index (χ1n) is 9.47. The SMILES string of the molecule is CCCC(=Cc1ccc(Cl)c(Cl)c1)S(=O)(=O)N1CCN(c2ccc(F)cc2)CC1. The van der Waals surface area contributed by atoms with E-state index < -0.39 is 10.0 Å². The van der Waals surface area contributed by atoms with Crippen LogP contribution >= 0.6 is 23.2 Å². The monoisotopic (exact) mass is 456 g/mol. The largest absolute Gasteiger partial charge is 0.369 e. The molecule has 29 heavy (non-hydrogen) atoms. The predicted molar refractivity (Wildman–Crippen MR) is 118 cm³/mol. The molecule has 0 unspecified atom stereocenters. The van der Waals surface area contributed by atoms with Crippen LogP contribution in [0.4, 0.5) is 10.1 Å². The van der Waals surface area contributed by atoms with E-state index in [2.05, 4.69) is 4.90 Å². The van der Waals surface area contributed by atoms with E-state index in [1.54, 1.807) is 36.4 Å². The molecule has 156 valence electrons. The molecule has 4 nitrogen and oxygen atoms in total. The van der Waals surface area contributed by atoms with Gasteiger partial charge in [-0.25, -0.2) is 12.8 Å². The Kier molecular flexibility index (Phi) is 7.22. The molecule has 8 heteroatoms. The summed E-state index contributed by atoms with van der Waals surface area (Å²) in [5.41, 5.74) is 1.60. The van der Waals surface area contributed by atoms with Crippen molar-refractivity contribution in [2.24, 2.45) is 0 Å². The van der Waals surface area contributed by atoms with Crippen LogP contribution in [-0.4, -0.2) is 38.9 Å². The second-order valence-corrected chi connectivity index (χ2v) is 9.71. The molecule has 2 aromatic carbocycles. The van der Waals surface area contributed by atoms with Crippen LogP contribution in [0.1, 0.15) is 25.3 Å². The van der Waals surface area contributed by atoms with E-state index in [0.717, 1.165) is 5.69 Å². The molecule has 1 saturated heterocycles. The molecule has 0 atom stereocenters. The third-order valence-electron chi connectivity index (χ3n) is 4.87. The third-order valence-corrected chi connectivity index (χ3v) is 7.64. The molecule has 0 saturated carbocycles. The fourth-order valence-corrected chi connectivity index (χ4v) is 5.34. The fourth-order valence-electron chi connectivity index (χ4n) is 3.31. The molecule has 2 aromatic rings. The Morgan fingerprint density at radius 1 is 1.03 bits per heavy atom. The van der Waals surface area contributed by atoms with Gasteiger partial charge in [0.15, 0.2) is 0 Å². The van der Waals surface area contributed by atoms with Crippen molar-refractivity contribution in [2.45, 2.75) is 19.8 Å². The van der Waals surface area contributed by atoms with Crippen LogP contribution in [0.2, 0.25) is 10.0 Å². The van der Waals surface area contributed by atoms with Crippen molar-refractivity contribution in [3.63, 3.8) is 0 Å².